The molecule has 0 unspecified atom stereocenters. The number of hydrogen-bond acceptors (Lipinski definition) is 5. The molecule has 0 aliphatic carbocycles. The maximum atomic E-state index is 10.3. The number of carboxylic acids is 1. The van der Waals surface area contributed by atoms with Crippen LogP contribution in [0.5, 0.6) is 0 Å². The topological polar surface area (TPSA) is 118 Å². The molecular weight excluding hydrogens is 552 g/mol. The maximum Gasteiger partial charge on any atom is 0.303 e. The van der Waals surface area contributed by atoms with Crippen molar-refractivity contribution < 1.29 is 30.3 Å². The highest BCUT2D eigenvalue weighted by molar-refractivity contribution is 5.66. The lowest BCUT2D eigenvalue weighted by molar-refractivity contribution is -0.137. The van der Waals surface area contributed by atoms with Crippen molar-refractivity contribution in [2.24, 2.45) is 0 Å². The van der Waals surface area contributed by atoms with E-state index in [9.17, 15) is 4.79 Å². The Bertz CT molecular complexity index is 372. The highest BCUT2D eigenvalue weighted by Crippen LogP contribution is 2.13. The first-order chi connectivity index (χ1) is 21.4. The van der Waals surface area contributed by atoms with Gasteiger partial charge in [0.15, 0.2) is 0 Å². The quantitative estimate of drug-likeness (QED) is 0.0545. The van der Waals surface area contributed by atoms with Gasteiger partial charge in [0.1, 0.15) is 0 Å². The van der Waals surface area contributed by atoms with Crippen LogP contribution in [0.2, 0.25) is 0 Å². The third-order valence-electron chi connectivity index (χ3n) is 7.04. The first kappa shape index (κ1) is 52.8. The highest BCUT2D eigenvalue weighted by Gasteiger charge is 1.97. The SMILES string of the molecule is CCCCCCCCCCCCCCCCCC(=O)O.CCCCCO.CCCCCO.CCCCCO.CCCCCO. The lowest BCUT2D eigenvalue weighted by Crippen LogP contribution is -1.93. The second-order valence-corrected chi connectivity index (χ2v) is 11.8. The summed E-state index contributed by atoms with van der Waals surface area (Å²) in [5.41, 5.74) is 0. The predicted molar refractivity (Wildman–Crippen MR) is 194 cm³/mol. The van der Waals surface area contributed by atoms with Crippen LogP contribution < -0.4 is 0 Å². The Morgan fingerprint density at radius 2 is 0.500 bits per heavy atom. The summed E-state index contributed by atoms with van der Waals surface area (Å²) in [5, 5.41) is 41.3. The summed E-state index contributed by atoms with van der Waals surface area (Å²) >= 11 is 0. The number of rotatable bonds is 28. The molecule has 0 fully saturated rings. The number of carbonyl (C=O) groups is 1. The molecule has 6 heteroatoms. The average molecular weight is 637 g/mol. The van der Waals surface area contributed by atoms with Gasteiger partial charge in [-0.05, 0) is 32.1 Å². The summed E-state index contributed by atoms with van der Waals surface area (Å²) < 4.78 is 0. The molecule has 0 heterocycles. The summed E-state index contributed by atoms with van der Waals surface area (Å²) in [6.07, 6.45) is 33.5. The number of aliphatic carboxylic acids is 1. The van der Waals surface area contributed by atoms with Crippen LogP contribution in [0.25, 0.3) is 0 Å². The third-order valence-corrected chi connectivity index (χ3v) is 7.04. The molecule has 0 atom stereocenters. The van der Waals surface area contributed by atoms with Crippen LogP contribution in [0.3, 0.4) is 0 Å². The molecule has 0 aliphatic rings. The minimum atomic E-state index is -0.653. The predicted octanol–water partition coefficient (Wildman–Crippen LogP) is 11.0. The van der Waals surface area contributed by atoms with Crippen LogP contribution in [-0.4, -0.2) is 57.9 Å². The maximum absolute atomic E-state index is 10.3. The number of carboxylic acid groups (broad SMARTS) is 1. The second-order valence-electron chi connectivity index (χ2n) is 11.8. The summed E-state index contributed by atoms with van der Waals surface area (Å²) in [6, 6.07) is 0. The van der Waals surface area contributed by atoms with Crippen LogP contribution in [0.1, 0.15) is 214 Å². The van der Waals surface area contributed by atoms with E-state index in [4.69, 9.17) is 25.5 Å². The van der Waals surface area contributed by atoms with Gasteiger partial charge in [0, 0.05) is 32.8 Å². The standard InChI is InChI=1S/C18H36O2.4C5H12O/c1-2-3-4-5-6-7-8-9-10-11-12-13-14-15-16-17-18(19)20;4*1-2-3-4-5-6/h2-17H2,1H3,(H,19,20);4*6H,2-5H2,1H3. The number of unbranched alkanes of at least 4 members (excludes halogenated alkanes) is 22. The van der Waals surface area contributed by atoms with Crippen LogP contribution in [0.4, 0.5) is 0 Å². The Hall–Kier alpha value is -0.690. The Morgan fingerprint density at radius 1 is 0.318 bits per heavy atom. The largest absolute Gasteiger partial charge is 0.481 e. The van der Waals surface area contributed by atoms with Crippen molar-refractivity contribution in [1.29, 1.82) is 0 Å². The lowest BCUT2D eigenvalue weighted by Gasteiger charge is -2.03. The van der Waals surface area contributed by atoms with E-state index >= 15 is 0 Å². The molecule has 0 aromatic heterocycles. The molecule has 0 saturated carbocycles. The van der Waals surface area contributed by atoms with Gasteiger partial charge in [0.2, 0.25) is 0 Å². The van der Waals surface area contributed by atoms with Crippen molar-refractivity contribution >= 4 is 5.97 Å². The molecule has 0 spiro atoms. The summed E-state index contributed by atoms with van der Waals surface area (Å²) in [4.78, 5) is 10.3. The zero-order valence-electron chi connectivity index (χ0n) is 30.8. The highest BCUT2D eigenvalue weighted by atomic mass is 16.4. The van der Waals surface area contributed by atoms with Crippen LogP contribution in [0, 0.1) is 0 Å². The molecule has 0 rings (SSSR count). The van der Waals surface area contributed by atoms with Crippen LogP contribution in [0.15, 0.2) is 0 Å². The Balaban J connectivity index is -0.000000171. The zero-order valence-corrected chi connectivity index (χ0v) is 30.8. The fourth-order valence-corrected chi connectivity index (χ4v) is 4.09. The first-order valence-corrected chi connectivity index (χ1v) is 19.1. The van der Waals surface area contributed by atoms with Crippen LogP contribution in [-0.2, 0) is 4.79 Å². The van der Waals surface area contributed by atoms with Gasteiger partial charge >= 0.3 is 5.97 Å². The van der Waals surface area contributed by atoms with Crippen molar-refractivity contribution in [3.8, 4) is 0 Å². The molecule has 0 aliphatic heterocycles. The summed E-state index contributed by atoms with van der Waals surface area (Å²) in [6.45, 7) is 12.2. The lowest BCUT2D eigenvalue weighted by atomic mass is 10.0. The van der Waals surface area contributed by atoms with E-state index in [1.54, 1.807) is 0 Å². The first-order valence-electron chi connectivity index (χ1n) is 19.1. The molecule has 0 aromatic rings. The Labute approximate surface area is 276 Å². The van der Waals surface area contributed by atoms with Crippen molar-refractivity contribution in [2.75, 3.05) is 26.4 Å². The molecule has 0 aromatic carbocycles. The fraction of sp³-hybridized carbons (Fsp3) is 0.974. The Kier molecular flexibility index (Phi) is 73.6. The minimum Gasteiger partial charge on any atom is -0.481 e. The molecule has 6 nitrogen and oxygen atoms in total. The molecule has 272 valence electrons. The van der Waals surface area contributed by atoms with Crippen molar-refractivity contribution in [1.82, 2.24) is 0 Å². The average Bonchev–Trinajstić information content (AvgIpc) is 3.03. The van der Waals surface area contributed by atoms with Gasteiger partial charge in [-0.2, -0.15) is 0 Å². The van der Waals surface area contributed by atoms with E-state index in [2.05, 4.69) is 34.6 Å². The monoisotopic (exact) mass is 637 g/mol. The van der Waals surface area contributed by atoms with E-state index in [-0.39, 0.29) is 0 Å². The molecule has 0 bridgehead atoms. The van der Waals surface area contributed by atoms with E-state index in [1.807, 2.05) is 0 Å². The molecule has 0 radical (unpaired) electrons. The Morgan fingerprint density at radius 3 is 0.659 bits per heavy atom. The smallest absolute Gasteiger partial charge is 0.303 e. The van der Waals surface area contributed by atoms with Gasteiger partial charge in [-0.25, -0.2) is 0 Å². The van der Waals surface area contributed by atoms with Gasteiger partial charge in [0.05, 0.1) is 0 Å². The zero-order chi connectivity index (χ0) is 34.2. The van der Waals surface area contributed by atoms with E-state index in [0.717, 1.165) is 64.2 Å². The van der Waals surface area contributed by atoms with Gasteiger partial charge in [-0.15, -0.1) is 0 Å². The van der Waals surface area contributed by atoms with Crippen molar-refractivity contribution in [3.05, 3.63) is 0 Å². The van der Waals surface area contributed by atoms with Gasteiger partial charge in [-0.3, -0.25) is 4.79 Å². The molecule has 44 heavy (non-hydrogen) atoms. The number of aliphatic hydroxyl groups is 4. The molecule has 0 amide bonds. The van der Waals surface area contributed by atoms with Crippen molar-refractivity contribution in [3.63, 3.8) is 0 Å². The van der Waals surface area contributed by atoms with Gasteiger partial charge in [-0.1, -0.05) is 176 Å². The molecule has 0 saturated heterocycles. The molecular formula is C38H84O6. The summed E-state index contributed by atoms with van der Waals surface area (Å²) in [5.74, 6) is -0.653. The second kappa shape index (κ2) is 61.3. The van der Waals surface area contributed by atoms with Crippen molar-refractivity contribution in [2.45, 2.75) is 214 Å². The normalized spacial score (nSPS) is 9.84. The molecule has 5 N–H and O–H groups in total. The third kappa shape index (κ3) is 83.8. The van der Waals surface area contributed by atoms with E-state index < -0.39 is 5.97 Å². The summed E-state index contributed by atoms with van der Waals surface area (Å²) in [7, 11) is 0. The van der Waals surface area contributed by atoms with E-state index in [0.29, 0.717) is 32.8 Å². The fourth-order valence-electron chi connectivity index (χ4n) is 4.09. The van der Waals surface area contributed by atoms with Gasteiger partial charge in [0.25, 0.3) is 0 Å². The number of hydrogen-bond donors (Lipinski definition) is 5. The van der Waals surface area contributed by atoms with Crippen LogP contribution >= 0.6 is 0 Å². The van der Waals surface area contributed by atoms with Gasteiger partial charge < -0.3 is 25.5 Å². The van der Waals surface area contributed by atoms with E-state index in [1.165, 1.54) is 109 Å². The minimum absolute atomic E-state index is 0.345. The number of aliphatic hydroxyl groups excluding tert-OH is 4.